The molecule has 0 heterocycles. The van der Waals surface area contributed by atoms with Crippen molar-refractivity contribution in [1.29, 1.82) is 0 Å². The van der Waals surface area contributed by atoms with E-state index < -0.39 is 5.97 Å². The standard InChI is InChI=1S/C10H11NO4/c1-2-15-11-6-7-4-3-5-8(12)9(7)10(13)14/h3-6,12H,2H2,1H3,(H,13,14). The van der Waals surface area contributed by atoms with E-state index in [4.69, 9.17) is 9.94 Å². The number of rotatable bonds is 4. The molecular weight excluding hydrogens is 198 g/mol. The smallest absolute Gasteiger partial charge is 0.340 e. The van der Waals surface area contributed by atoms with Gasteiger partial charge >= 0.3 is 5.97 Å². The molecule has 0 aliphatic heterocycles. The van der Waals surface area contributed by atoms with E-state index in [9.17, 15) is 9.90 Å². The Balaban J connectivity index is 3.06. The summed E-state index contributed by atoms with van der Waals surface area (Å²) in [6.07, 6.45) is 1.26. The zero-order valence-electron chi connectivity index (χ0n) is 8.17. The highest BCUT2D eigenvalue weighted by Crippen LogP contribution is 2.19. The van der Waals surface area contributed by atoms with Crippen LogP contribution >= 0.6 is 0 Å². The average molecular weight is 209 g/mol. The molecular formula is C10H11NO4. The summed E-state index contributed by atoms with van der Waals surface area (Å²) in [6.45, 7) is 2.16. The number of phenols is 1. The summed E-state index contributed by atoms with van der Waals surface area (Å²) in [6, 6.07) is 4.38. The van der Waals surface area contributed by atoms with Crippen molar-refractivity contribution in [2.75, 3.05) is 6.61 Å². The zero-order valence-corrected chi connectivity index (χ0v) is 8.17. The molecule has 0 atom stereocenters. The van der Waals surface area contributed by atoms with Crippen LogP contribution in [0.5, 0.6) is 5.75 Å². The monoisotopic (exact) mass is 209 g/mol. The number of oxime groups is 1. The largest absolute Gasteiger partial charge is 0.507 e. The van der Waals surface area contributed by atoms with E-state index >= 15 is 0 Å². The molecule has 0 aromatic heterocycles. The first-order chi connectivity index (χ1) is 7.16. The number of hydrogen-bond donors (Lipinski definition) is 2. The van der Waals surface area contributed by atoms with Crippen LogP contribution in [0.2, 0.25) is 0 Å². The second-order valence-electron chi connectivity index (χ2n) is 2.70. The van der Waals surface area contributed by atoms with Crippen LogP contribution in [0.4, 0.5) is 0 Å². The first-order valence-corrected chi connectivity index (χ1v) is 4.37. The van der Waals surface area contributed by atoms with Gasteiger partial charge in [0.05, 0.1) is 6.21 Å². The minimum Gasteiger partial charge on any atom is -0.507 e. The maximum absolute atomic E-state index is 10.8. The highest BCUT2D eigenvalue weighted by atomic mass is 16.6. The lowest BCUT2D eigenvalue weighted by Gasteiger charge is -2.02. The Labute approximate surface area is 86.6 Å². The van der Waals surface area contributed by atoms with E-state index in [0.29, 0.717) is 12.2 Å². The molecule has 0 fully saturated rings. The Morgan fingerprint density at radius 3 is 2.93 bits per heavy atom. The molecule has 1 rings (SSSR count). The molecule has 0 radical (unpaired) electrons. The van der Waals surface area contributed by atoms with Crippen LogP contribution in [0.1, 0.15) is 22.8 Å². The SMILES string of the molecule is CCON=Cc1cccc(O)c1C(=O)O. The number of carbonyl (C=O) groups is 1. The van der Waals surface area contributed by atoms with Gasteiger partial charge in [0.25, 0.3) is 0 Å². The summed E-state index contributed by atoms with van der Waals surface area (Å²) in [4.78, 5) is 15.5. The van der Waals surface area contributed by atoms with E-state index in [1.165, 1.54) is 24.4 Å². The fraction of sp³-hybridized carbons (Fsp3) is 0.200. The van der Waals surface area contributed by atoms with E-state index in [2.05, 4.69) is 5.16 Å². The normalized spacial score (nSPS) is 10.5. The summed E-state index contributed by atoms with van der Waals surface area (Å²) < 4.78 is 0. The van der Waals surface area contributed by atoms with Crippen molar-refractivity contribution in [2.24, 2.45) is 5.16 Å². The van der Waals surface area contributed by atoms with Gasteiger partial charge < -0.3 is 15.1 Å². The van der Waals surface area contributed by atoms with Crippen LogP contribution in [-0.2, 0) is 4.84 Å². The number of hydrogen-bond acceptors (Lipinski definition) is 4. The second-order valence-corrected chi connectivity index (χ2v) is 2.70. The molecule has 5 nitrogen and oxygen atoms in total. The van der Waals surface area contributed by atoms with Gasteiger partial charge in [-0.25, -0.2) is 4.79 Å². The molecule has 1 aromatic carbocycles. The van der Waals surface area contributed by atoms with Gasteiger partial charge in [-0.05, 0) is 13.0 Å². The summed E-state index contributed by atoms with van der Waals surface area (Å²) in [5, 5.41) is 21.7. The minimum atomic E-state index is -1.20. The number of nitrogens with zero attached hydrogens (tertiary/aromatic N) is 1. The van der Waals surface area contributed by atoms with Gasteiger partial charge in [0.2, 0.25) is 0 Å². The maximum atomic E-state index is 10.8. The molecule has 15 heavy (non-hydrogen) atoms. The molecule has 1 aromatic rings. The first-order valence-electron chi connectivity index (χ1n) is 4.37. The molecule has 80 valence electrons. The highest BCUT2D eigenvalue weighted by molar-refractivity contribution is 6.00. The lowest BCUT2D eigenvalue weighted by molar-refractivity contribution is 0.0693. The van der Waals surface area contributed by atoms with E-state index in [1.807, 2.05) is 0 Å². The van der Waals surface area contributed by atoms with Gasteiger partial charge in [0, 0.05) is 5.56 Å². The zero-order chi connectivity index (χ0) is 11.3. The maximum Gasteiger partial charge on any atom is 0.340 e. The molecule has 0 amide bonds. The second kappa shape index (κ2) is 4.99. The van der Waals surface area contributed by atoms with Gasteiger partial charge in [-0.1, -0.05) is 17.3 Å². The molecule has 0 spiro atoms. The number of carboxylic acid groups (broad SMARTS) is 1. The molecule has 5 heteroatoms. The number of carboxylic acids is 1. The predicted octanol–water partition coefficient (Wildman–Crippen LogP) is 1.46. The van der Waals surface area contributed by atoms with Crippen LogP contribution < -0.4 is 0 Å². The van der Waals surface area contributed by atoms with Crippen molar-refractivity contribution in [2.45, 2.75) is 6.92 Å². The minimum absolute atomic E-state index is 0.180. The van der Waals surface area contributed by atoms with Gasteiger partial charge in [-0.15, -0.1) is 0 Å². The fourth-order valence-electron chi connectivity index (χ4n) is 1.07. The third-order valence-electron chi connectivity index (χ3n) is 1.68. The van der Waals surface area contributed by atoms with Gasteiger partial charge in [0.15, 0.2) is 0 Å². The van der Waals surface area contributed by atoms with Gasteiger partial charge in [-0.2, -0.15) is 0 Å². The molecule has 0 saturated carbocycles. The Bertz CT molecular complexity index is 387. The van der Waals surface area contributed by atoms with Crippen LogP contribution in [0.25, 0.3) is 0 Å². The molecule has 2 N–H and O–H groups in total. The van der Waals surface area contributed by atoms with E-state index in [0.717, 1.165) is 0 Å². The molecule has 0 unspecified atom stereocenters. The topological polar surface area (TPSA) is 79.1 Å². The quantitative estimate of drug-likeness (QED) is 0.581. The van der Waals surface area contributed by atoms with Crippen molar-refractivity contribution < 1.29 is 19.8 Å². The lowest BCUT2D eigenvalue weighted by Crippen LogP contribution is -2.02. The Morgan fingerprint density at radius 1 is 1.60 bits per heavy atom. The van der Waals surface area contributed by atoms with Gasteiger partial charge in [0.1, 0.15) is 17.9 Å². The fourth-order valence-corrected chi connectivity index (χ4v) is 1.07. The van der Waals surface area contributed by atoms with Crippen LogP contribution in [0.3, 0.4) is 0 Å². The van der Waals surface area contributed by atoms with Crippen molar-refractivity contribution in [3.63, 3.8) is 0 Å². The average Bonchev–Trinajstić information content (AvgIpc) is 2.17. The van der Waals surface area contributed by atoms with E-state index in [1.54, 1.807) is 6.92 Å². The predicted molar refractivity (Wildman–Crippen MR) is 54.3 cm³/mol. The first kappa shape index (κ1) is 11.0. The van der Waals surface area contributed by atoms with Crippen LogP contribution in [0, 0.1) is 0 Å². The highest BCUT2D eigenvalue weighted by Gasteiger charge is 2.13. The summed E-state index contributed by atoms with van der Waals surface area (Å²) >= 11 is 0. The number of benzene rings is 1. The number of aromatic carboxylic acids is 1. The third-order valence-corrected chi connectivity index (χ3v) is 1.68. The Kier molecular flexibility index (Phi) is 3.68. The Hall–Kier alpha value is -2.04. The molecule has 0 aliphatic rings. The lowest BCUT2D eigenvalue weighted by atomic mass is 10.1. The Morgan fingerprint density at radius 2 is 2.33 bits per heavy atom. The van der Waals surface area contributed by atoms with Crippen LogP contribution in [-0.4, -0.2) is 29.0 Å². The molecule has 0 bridgehead atoms. The molecule has 0 aliphatic carbocycles. The van der Waals surface area contributed by atoms with Crippen molar-refractivity contribution in [1.82, 2.24) is 0 Å². The van der Waals surface area contributed by atoms with Crippen molar-refractivity contribution in [3.8, 4) is 5.75 Å². The molecule has 0 saturated heterocycles. The number of aromatic hydroxyl groups is 1. The van der Waals surface area contributed by atoms with Crippen molar-refractivity contribution >= 4 is 12.2 Å². The van der Waals surface area contributed by atoms with E-state index in [-0.39, 0.29) is 11.3 Å². The van der Waals surface area contributed by atoms with Crippen LogP contribution in [0.15, 0.2) is 23.4 Å². The summed E-state index contributed by atoms with van der Waals surface area (Å²) in [5.74, 6) is -1.49. The third kappa shape index (κ3) is 2.70. The summed E-state index contributed by atoms with van der Waals surface area (Å²) in [7, 11) is 0. The van der Waals surface area contributed by atoms with Gasteiger partial charge in [-0.3, -0.25) is 0 Å². The summed E-state index contributed by atoms with van der Waals surface area (Å²) in [5.41, 5.74) is 0.122. The van der Waals surface area contributed by atoms with Crippen molar-refractivity contribution in [3.05, 3.63) is 29.3 Å².